The summed E-state index contributed by atoms with van der Waals surface area (Å²) in [4.78, 5) is 19.1. The van der Waals surface area contributed by atoms with Crippen LogP contribution in [-0.4, -0.2) is 84.0 Å². The fraction of sp³-hybridized carbons (Fsp3) is 0.882. The molecule has 0 aromatic heterocycles. The van der Waals surface area contributed by atoms with E-state index in [1.54, 1.807) is 0 Å². The number of rotatable bonds is 6. The molecule has 6 heteroatoms. The highest BCUT2D eigenvalue weighted by atomic mass is 32.2. The highest BCUT2D eigenvalue weighted by molar-refractivity contribution is 7.98. The van der Waals surface area contributed by atoms with Gasteiger partial charge in [-0.15, -0.1) is 0 Å². The minimum atomic E-state index is -0.0307. The van der Waals surface area contributed by atoms with E-state index in [0.29, 0.717) is 18.5 Å². The van der Waals surface area contributed by atoms with Gasteiger partial charge in [0.1, 0.15) is 6.04 Å². The lowest BCUT2D eigenvalue weighted by atomic mass is 10.0. The molecule has 2 heterocycles. The maximum absolute atomic E-state index is 12.6. The van der Waals surface area contributed by atoms with Gasteiger partial charge in [0.05, 0.1) is 12.6 Å². The fourth-order valence-electron chi connectivity index (χ4n) is 3.66. The lowest BCUT2D eigenvalue weighted by Crippen LogP contribution is -2.54. The molecule has 1 amide bonds. The molecule has 0 bridgehead atoms. The molecule has 0 radical (unpaired) electrons. The molecular formula is C17H30N4OS. The van der Waals surface area contributed by atoms with Gasteiger partial charge in [-0.25, -0.2) is 0 Å². The van der Waals surface area contributed by atoms with Crippen molar-refractivity contribution in [1.82, 2.24) is 14.7 Å². The Bertz CT molecular complexity index is 429. The maximum Gasteiger partial charge on any atom is 0.236 e. The number of nitrogens with zero attached hydrogens (tertiary/aromatic N) is 4. The molecule has 130 valence electrons. The maximum atomic E-state index is 12.6. The minimum Gasteiger partial charge on any atom is -0.339 e. The smallest absolute Gasteiger partial charge is 0.236 e. The average molecular weight is 339 g/mol. The van der Waals surface area contributed by atoms with Crippen LogP contribution >= 0.6 is 11.8 Å². The Morgan fingerprint density at radius 3 is 2.52 bits per heavy atom. The largest absolute Gasteiger partial charge is 0.339 e. The van der Waals surface area contributed by atoms with Gasteiger partial charge >= 0.3 is 0 Å². The van der Waals surface area contributed by atoms with Crippen molar-refractivity contribution in [3.63, 3.8) is 0 Å². The summed E-state index contributed by atoms with van der Waals surface area (Å²) in [5, 5.41) is 9.31. The molecule has 0 spiro atoms. The first-order valence-corrected chi connectivity index (χ1v) is 10.1. The van der Waals surface area contributed by atoms with E-state index in [9.17, 15) is 10.1 Å². The van der Waals surface area contributed by atoms with E-state index in [-0.39, 0.29) is 11.9 Å². The highest BCUT2D eigenvalue weighted by Gasteiger charge is 2.30. The molecule has 2 rings (SSSR count). The van der Waals surface area contributed by atoms with E-state index in [4.69, 9.17) is 0 Å². The van der Waals surface area contributed by atoms with Gasteiger partial charge in [0.15, 0.2) is 0 Å². The number of hydrogen-bond acceptors (Lipinski definition) is 5. The number of carbonyl (C=O) groups is 1. The van der Waals surface area contributed by atoms with Crippen LogP contribution in [0.1, 0.15) is 26.7 Å². The van der Waals surface area contributed by atoms with Gasteiger partial charge in [-0.05, 0) is 31.6 Å². The quantitative estimate of drug-likeness (QED) is 0.735. The van der Waals surface area contributed by atoms with Crippen LogP contribution in [0.5, 0.6) is 0 Å². The van der Waals surface area contributed by atoms with Gasteiger partial charge in [-0.1, -0.05) is 13.8 Å². The third-order valence-electron chi connectivity index (χ3n) is 5.02. The van der Waals surface area contributed by atoms with Crippen molar-refractivity contribution in [1.29, 1.82) is 5.26 Å². The first kappa shape index (κ1) is 18.6. The molecule has 5 nitrogen and oxygen atoms in total. The molecule has 0 unspecified atom stereocenters. The Hall–Kier alpha value is -0.770. The summed E-state index contributed by atoms with van der Waals surface area (Å²) in [7, 11) is 0. The number of nitriles is 1. The van der Waals surface area contributed by atoms with Crippen LogP contribution in [0.15, 0.2) is 0 Å². The first-order chi connectivity index (χ1) is 11.1. The van der Waals surface area contributed by atoms with E-state index in [0.717, 1.165) is 38.5 Å². The summed E-state index contributed by atoms with van der Waals surface area (Å²) in [6, 6.07) is 2.94. The second kappa shape index (κ2) is 8.91. The first-order valence-electron chi connectivity index (χ1n) is 8.71. The molecule has 2 aliphatic rings. The molecule has 0 aliphatic carbocycles. The number of carbonyl (C=O) groups excluding carboxylic acids is 1. The number of likely N-dealkylation sites (tertiary alicyclic amines) is 1. The van der Waals surface area contributed by atoms with E-state index in [2.05, 4.69) is 36.0 Å². The molecule has 0 N–H and O–H groups in total. The Labute approximate surface area is 145 Å². The predicted octanol–water partition coefficient (Wildman–Crippen LogP) is 1.51. The lowest BCUT2D eigenvalue weighted by Gasteiger charge is -2.38. The Morgan fingerprint density at radius 1 is 1.26 bits per heavy atom. The van der Waals surface area contributed by atoms with Gasteiger partial charge in [0, 0.05) is 38.0 Å². The van der Waals surface area contributed by atoms with Crippen molar-refractivity contribution >= 4 is 17.7 Å². The van der Waals surface area contributed by atoms with E-state index in [1.807, 2.05) is 16.7 Å². The molecule has 0 saturated carbocycles. The zero-order valence-corrected chi connectivity index (χ0v) is 15.5. The van der Waals surface area contributed by atoms with Crippen LogP contribution in [0, 0.1) is 17.2 Å². The van der Waals surface area contributed by atoms with Crippen LogP contribution in [0.2, 0.25) is 0 Å². The van der Waals surface area contributed by atoms with Crippen molar-refractivity contribution in [3.8, 4) is 6.07 Å². The Balaban J connectivity index is 1.81. The normalized spacial score (nSPS) is 24.8. The standard InChI is InChI=1S/C17H30N4OS/c1-14(2)16(11-18)19-7-9-20(10-8-19)17(22)12-21-6-4-5-15(21)13-23-3/h14-16H,4-10,12-13H2,1-3H3/t15-,16+/m0/s1. The van der Waals surface area contributed by atoms with E-state index >= 15 is 0 Å². The molecule has 2 saturated heterocycles. The molecule has 0 aromatic carbocycles. The second-order valence-electron chi connectivity index (χ2n) is 6.96. The third kappa shape index (κ3) is 4.85. The molecule has 2 aliphatic heterocycles. The Morgan fingerprint density at radius 2 is 1.96 bits per heavy atom. The summed E-state index contributed by atoms with van der Waals surface area (Å²) < 4.78 is 0. The van der Waals surface area contributed by atoms with Crippen molar-refractivity contribution in [2.24, 2.45) is 5.92 Å². The zero-order valence-electron chi connectivity index (χ0n) is 14.7. The summed E-state index contributed by atoms with van der Waals surface area (Å²) in [5.74, 6) is 1.72. The molecule has 2 atom stereocenters. The molecule has 0 aromatic rings. The van der Waals surface area contributed by atoms with Crippen molar-refractivity contribution in [2.45, 2.75) is 38.8 Å². The topological polar surface area (TPSA) is 50.6 Å². The lowest BCUT2D eigenvalue weighted by molar-refractivity contribution is -0.134. The zero-order chi connectivity index (χ0) is 16.8. The minimum absolute atomic E-state index is 0.0307. The molecule has 2 fully saturated rings. The summed E-state index contributed by atoms with van der Waals surface area (Å²) in [6.45, 7) is 8.94. The highest BCUT2D eigenvalue weighted by Crippen LogP contribution is 2.20. The number of thioether (sulfide) groups is 1. The number of hydrogen-bond donors (Lipinski definition) is 0. The summed E-state index contributed by atoms with van der Waals surface area (Å²) in [5.41, 5.74) is 0. The van der Waals surface area contributed by atoms with E-state index in [1.165, 1.54) is 12.8 Å². The van der Waals surface area contributed by atoms with Gasteiger partial charge in [0.25, 0.3) is 0 Å². The van der Waals surface area contributed by atoms with Crippen LogP contribution in [0.25, 0.3) is 0 Å². The van der Waals surface area contributed by atoms with Crippen molar-refractivity contribution in [2.75, 3.05) is 51.3 Å². The SMILES string of the molecule is CSC[C@@H]1CCCN1CC(=O)N1CCN([C@H](C#N)C(C)C)CC1. The fourth-order valence-corrected chi connectivity index (χ4v) is 4.42. The number of piperazine rings is 1. The van der Waals surface area contributed by atoms with Gasteiger partial charge in [0.2, 0.25) is 5.91 Å². The van der Waals surface area contributed by atoms with Gasteiger partial charge in [-0.2, -0.15) is 17.0 Å². The average Bonchev–Trinajstić information content (AvgIpc) is 2.96. The van der Waals surface area contributed by atoms with E-state index < -0.39 is 0 Å². The van der Waals surface area contributed by atoms with Crippen LogP contribution < -0.4 is 0 Å². The predicted molar refractivity (Wildman–Crippen MR) is 95.4 cm³/mol. The summed E-state index contributed by atoms with van der Waals surface area (Å²) >= 11 is 1.87. The molecule has 23 heavy (non-hydrogen) atoms. The van der Waals surface area contributed by atoms with Crippen molar-refractivity contribution in [3.05, 3.63) is 0 Å². The van der Waals surface area contributed by atoms with Crippen LogP contribution in [0.4, 0.5) is 0 Å². The number of amides is 1. The third-order valence-corrected chi connectivity index (χ3v) is 5.74. The second-order valence-corrected chi connectivity index (χ2v) is 7.87. The van der Waals surface area contributed by atoms with Crippen molar-refractivity contribution < 1.29 is 4.79 Å². The Kier molecular flexibility index (Phi) is 7.19. The van der Waals surface area contributed by atoms with Gasteiger partial charge in [-0.3, -0.25) is 14.6 Å². The van der Waals surface area contributed by atoms with Crippen LogP contribution in [0.3, 0.4) is 0 Å². The summed E-state index contributed by atoms with van der Waals surface area (Å²) in [6.07, 6.45) is 4.57. The monoisotopic (exact) mass is 338 g/mol. The van der Waals surface area contributed by atoms with Gasteiger partial charge < -0.3 is 4.90 Å². The molecular weight excluding hydrogens is 308 g/mol. The van der Waals surface area contributed by atoms with Crippen LogP contribution in [-0.2, 0) is 4.79 Å².